The Balaban J connectivity index is 1.97. The van der Waals surface area contributed by atoms with Gasteiger partial charge in [-0.2, -0.15) is 13.2 Å². The Kier molecular flexibility index (Phi) is 6.89. The van der Waals surface area contributed by atoms with E-state index in [0.717, 1.165) is 11.1 Å². The van der Waals surface area contributed by atoms with Crippen molar-refractivity contribution in [3.63, 3.8) is 0 Å². The van der Waals surface area contributed by atoms with E-state index < -0.39 is 24.4 Å². The van der Waals surface area contributed by atoms with E-state index in [4.69, 9.17) is 5.73 Å². The number of aromatic nitrogens is 1. The van der Waals surface area contributed by atoms with Crippen LogP contribution in [0.3, 0.4) is 0 Å². The zero-order valence-corrected chi connectivity index (χ0v) is 16.9. The largest absolute Gasteiger partial charge is 0.483 e. The van der Waals surface area contributed by atoms with Crippen LogP contribution in [0.2, 0.25) is 0 Å². The molecule has 0 bridgehead atoms. The van der Waals surface area contributed by atoms with Crippen LogP contribution in [0.1, 0.15) is 56.5 Å². The molecule has 0 aliphatic heterocycles. The number of nitrogens with one attached hydrogen (secondary N) is 1. The second-order valence-electron chi connectivity index (χ2n) is 7.62. The molecular weight excluding hydrogens is 383 g/mol. The minimum absolute atomic E-state index is 0.0147. The van der Waals surface area contributed by atoms with Crippen molar-refractivity contribution in [2.24, 2.45) is 5.73 Å². The topological polar surface area (TPSA) is 77.2 Å². The van der Waals surface area contributed by atoms with Gasteiger partial charge in [0, 0.05) is 5.54 Å². The van der Waals surface area contributed by atoms with Crippen LogP contribution in [0.4, 0.5) is 13.2 Å². The summed E-state index contributed by atoms with van der Waals surface area (Å²) < 4.78 is 41.2. The van der Waals surface area contributed by atoms with E-state index in [9.17, 15) is 18.0 Å². The number of hydrogen-bond donors (Lipinski definition) is 2. The summed E-state index contributed by atoms with van der Waals surface area (Å²) >= 11 is 0. The van der Waals surface area contributed by atoms with E-state index in [1.54, 1.807) is 13.8 Å². The average Bonchev–Trinajstić information content (AvgIpc) is 2.65. The normalized spacial score (nSPS) is 14.2. The average molecular weight is 409 g/mol. The van der Waals surface area contributed by atoms with E-state index in [1.165, 1.54) is 18.3 Å². The van der Waals surface area contributed by atoms with Crippen LogP contribution in [-0.2, 0) is 10.3 Å². The van der Waals surface area contributed by atoms with Crippen LogP contribution < -0.4 is 15.8 Å². The highest BCUT2D eigenvalue weighted by molar-refractivity contribution is 5.83. The van der Waals surface area contributed by atoms with Gasteiger partial charge in [-0.25, -0.2) is 0 Å². The number of halogens is 3. The van der Waals surface area contributed by atoms with Crippen molar-refractivity contribution in [2.45, 2.75) is 51.4 Å². The molecular formula is C21H26F3N3O2. The Morgan fingerprint density at radius 2 is 1.76 bits per heavy atom. The number of benzene rings is 1. The molecule has 1 aromatic carbocycles. The van der Waals surface area contributed by atoms with E-state index in [1.807, 2.05) is 38.1 Å². The van der Waals surface area contributed by atoms with E-state index in [-0.39, 0.29) is 17.6 Å². The highest BCUT2D eigenvalue weighted by Crippen LogP contribution is 2.23. The summed E-state index contributed by atoms with van der Waals surface area (Å²) in [6.45, 7) is 5.99. The first-order chi connectivity index (χ1) is 13.4. The molecule has 29 heavy (non-hydrogen) atoms. The number of ether oxygens (including phenoxy) is 1. The maximum atomic E-state index is 12.6. The van der Waals surface area contributed by atoms with Crippen molar-refractivity contribution >= 4 is 5.91 Å². The number of nitrogens with zero attached hydrogens (tertiary/aromatic N) is 1. The summed E-state index contributed by atoms with van der Waals surface area (Å²) in [4.78, 5) is 16.7. The van der Waals surface area contributed by atoms with Gasteiger partial charge in [0.25, 0.3) is 0 Å². The lowest BCUT2D eigenvalue weighted by Gasteiger charge is -2.21. The van der Waals surface area contributed by atoms with E-state index >= 15 is 0 Å². The second-order valence-corrected chi connectivity index (χ2v) is 7.62. The van der Waals surface area contributed by atoms with Crippen molar-refractivity contribution in [3.05, 3.63) is 59.4 Å². The molecule has 0 saturated carbocycles. The van der Waals surface area contributed by atoms with E-state index in [2.05, 4.69) is 15.0 Å². The molecule has 2 rings (SSSR count). The number of rotatable bonds is 7. The third-order valence-electron chi connectivity index (χ3n) is 4.51. The third kappa shape index (κ3) is 6.74. The Bertz CT molecular complexity index is 813. The fourth-order valence-electron chi connectivity index (χ4n) is 2.66. The van der Waals surface area contributed by atoms with Crippen LogP contribution in [0.15, 0.2) is 42.6 Å². The zero-order chi connectivity index (χ0) is 21.8. The summed E-state index contributed by atoms with van der Waals surface area (Å²) in [5, 5.41) is 2.87. The molecule has 0 radical (unpaired) electrons. The lowest BCUT2D eigenvalue weighted by atomic mass is 9.92. The van der Waals surface area contributed by atoms with Gasteiger partial charge in [0.1, 0.15) is 5.75 Å². The summed E-state index contributed by atoms with van der Waals surface area (Å²) in [5.41, 5.74) is 7.96. The van der Waals surface area contributed by atoms with Crippen molar-refractivity contribution in [1.29, 1.82) is 0 Å². The zero-order valence-electron chi connectivity index (χ0n) is 16.9. The number of amides is 1. The van der Waals surface area contributed by atoms with Crippen LogP contribution in [0.25, 0.3) is 0 Å². The molecule has 0 saturated heterocycles. The molecule has 2 atom stereocenters. The third-order valence-corrected chi connectivity index (χ3v) is 4.51. The molecule has 8 heteroatoms. The van der Waals surface area contributed by atoms with Gasteiger partial charge in [-0.05, 0) is 51.0 Å². The molecule has 1 amide bonds. The fourth-order valence-corrected chi connectivity index (χ4v) is 2.66. The molecule has 1 heterocycles. The predicted octanol–water partition coefficient (Wildman–Crippen LogP) is 4.20. The summed E-state index contributed by atoms with van der Waals surface area (Å²) in [6.07, 6.45) is -3.20. The van der Waals surface area contributed by atoms with Gasteiger partial charge in [0.15, 0.2) is 6.61 Å². The molecule has 0 spiro atoms. The number of alkyl halides is 3. The Morgan fingerprint density at radius 3 is 2.24 bits per heavy atom. The lowest BCUT2D eigenvalue weighted by molar-refractivity contribution is -0.153. The number of hydrogen-bond acceptors (Lipinski definition) is 4. The summed E-state index contributed by atoms with van der Waals surface area (Å²) in [7, 11) is 0. The molecule has 2 unspecified atom stereocenters. The minimum Gasteiger partial charge on any atom is -0.483 e. The van der Waals surface area contributed by atoms with Gasteiger partial charge in [-0.15, -0.1) is 0 Å². The fraction of sp³-hybridized carbons (Fsp3) is 0.429. The second kappa shape index (κ2) is 8.82. The molecule has 158 valence electrons. The first kappa shape index (κ1) is 22.7. The standard InChI is InChI=1S/C21H26F3N3O2/c1-13(15-5-7-16(8-6-15)20(3,4)25)19(28)27-14(2)18-10-9-17(11-26-18)29-12-21(22,23)24/h5-11,13-14H,12,25H2,1-4H3,(H,27,28). The van der Waals surface area contributed by atoms with Crippen LogP contribution in [0.5, 0.6) is 5.75 Å². The van der Waals surface area contributed by atoms with Gasteiger partial charge in [-0.1, -0.05) is 24.3 Å². The molecule has 2 aromatic rings. The molecule has 1 aromatic heterocycles. The Labute approximate surface area is 168 Å². The van der Waals surface area contributed by atoms with Gasteiger partial charge < -0.3 is 15.8 Å². The van der Waals surface area contributed by atoms with Gasteiger partial charge >= 0.3 is 6.18 Å². The summed E-state index contributed by atoms with van der Waals surface area (Å²) in [6, 6.07) is 10.1. The smallest absolute Gasteiger partial charge is 0.422 e. The van der Waals surface area contributed by atoms with Gasteiger partial charge in [0.05, 0.1) is 23.9 Å². The Hall–Kier alpha value is -2.61. The maximum absolute atomic E-state index is 12.6. The van der Waals surface area contributed by atoms with Crippen LogP contribution in [0, 0.1) is 0 Å². The predicted molar refractivity (Wildman–Crippen MR) is 104 cm³/mol. The first-order valence-corrected chi connectivity index (χ1v) is 9.22. The van der Waals surface area contributed by atoms with Crippen LogP contribution in [-0.4, -0.2) is 23.7 Å². The van der Waals surface area contributed by atoms with Gasteiger partial charge in [-0.3, -0.25) is 9.78 Å². The number of carbonyl (C=O) groups is 1. The highest BCUT2D eigenvalue weighted by Gasteiger charge is 2.28. The van der Waals surface area contributed by atoms with Gasteiger partial charge in [0.2, 0.25) is 5.91 Å². The molecule has 5 nitrogen and oxygen atoms in total. The highest BCUT2D eigenvalue weighted by atomic mass is 19.4. The Morgan fingerprint density at radius 1 is 1.14 bits per heavy atom. The molecule has 0 aliphatic rings. The van der Waals surface area contributed by atoms with E-state index in [0.29, 0.717) is 5.69 Å². The maximum Gasteiger partial charge on any atom is 0.422 e. The monoisotopic (exact) mass is 409 g/mol. The number of carbonyl (C=O) groups excluding carboxylic acids is 1. The quantitative estimate of drug-likeness (QED) is 0.719. The number of nitrogens with two attached hydrogens (primary N) is 1. The van der Waals surface area contributed by atoms with Crippen molar-refractivity contribution in [3.8, 4) is 5.75 Å². The summed E-state index contributed by atoms with van der Waals surface area (Å²) in [5.74, 6) is -0.556. The molecule has 0 aliphatic carbocycles. The lowest BCUT2D eigenvalue weighted by Crippen LogP contribution is -2.31. The van der Waals surface area contributed by atoms with Crippen molar-refractivity contribution < 1.29 is 22.7 Å². The molecule has 3 N–H and O–H groups in total. The first-order valence-electron chi connectivity index (χ1n) is 9.22. The van der Waals surface area contributed by atoms with Crippen molar-refractivity contribution in [1.82, 2.24) is 10.3 Å². The number of pyridine rings is 1. The van der Waals surface area contributed by atoms with Crippen LogP contribution >= 0.6 is 0 Å². The SMILES string of the molecule is CC(NC(=O)C(C)c1ccc(C(C)(C)N)cc1)c1ccc(OCC(F)(F)F)cn1. The molecule has 0 fully saturated rings. The minimum atomic E-state index is -4.41. The van der Waals surface area contributed by atoms with Crippen molar-refractivity contribution in [2.75, 3.05) is 6.61 Å².